The van der Waals surface area contributed by atoms with Crippen LogP contribution in [0.25, 0.3) is 10.7 Å². The second-order valence-electron chi connectivity index (χ2n) is 21.0. The summed E-state index contributed by atoms with van der Waals surface area (Å²) in [6.45, 7) is 11.5. The number of anilines is 1. The van der Waals surface area contributed by atoms with Gasteiger partial charge in [-0.25, -0.2) is 19.9 Å². The molecule has 5 aromatic rings. The molecule has 26 nitrogen and oxygen atoms in total. The highest BCUT2D eigenvalue weighted by atomic mass is 32.1. The van der Waals surface area contributed by atoms with Gasteiger partial charge in [0.1, 0.15) is 51.6 Å². The number of aliphatic hydroxyl groups excluding tert-OH is 1. The van der Waals surface area contributed by atoms with E-state index in [2.05, 4.69) is 57.5 Å². The summed E-state index contributed by atoms with van der Waals surface area (Å²) in [5.41, 5.74) is 29.9. The Morgan fingerprint density at radius 3 is 2.07 bits per heavy atom. The lowest BCUT2D eigenvalue weighted by molar-refractivity contribution is -0.134. The monoisotopic (exact) mass is 1230 g/mol. The number of aliphatic hydroxyl groups is 1. The first kappa shape index (κ1) is 68.7. The van der Waals surface area contributed by atoms with Crippen LogP contribution in [0.4, 0.5) is 5.82 Å². The minimum atomic E-state index is -1.50. The molecule has 20 N–H and O–H groups in total. The van der Waals surface area contributed by atoms with Gasteiger partial charge in [0, 0.05) is 66.5 Å². The SMILES string of the molecule is Cc1c(N)nc([C@H](CC(N)=O)NC[C@H](N)C(N)=O)nc1C(=O)N[C@@H](Cc1cccs1)C(=O)N[C@H](CC(C)C)[C@@H](O)[C@H](C)C(=O)N[C@@H](Cc1ccc(O)cc1)C(=O)NCCc1nc(-c2nc(C(=O)NCCCNCCCCNCCCN)cs2)cs1. The van der Waals surface area contributed by atoms with E-state index in [4.69, 9.17) is 33.7 Å². The van der Waals surface area contributed by atoms with Gasteiger partial charge in [-0.15, -0.1) is 34.0 Å². The normalized spacial score (nSPS) is 13.9. The molecular formula is C56H83N17O9S3. The fourth-order valence-electron chi connectivity index (χ4n) is 8.70. The molecule has 0 bridgehead atoms. The second kappa shape index (κ2) is 35.4. The molecule has 0 spiro atoms. The van der Waals surface area contributed by atoms with Crippen LogP contribution < -0.4 is 71.2 Å². The van der Waals surface area contributed by atoms with Crippen LogP contribution in [0.3, 0.4) is 0 Å². The van der Waals surface area contributed by atoms with Gasteiger partial charge < -0.3 is 81.4 Å². The maximum atomic E-state index is 14.5. The van der Waals surface area contributed by atoms with Gasteiger partial charge in [-0.2, -0.15) is 0 Å². The van der Waals surface area contributed by atoms with E-state index in [-0.39, 0.29) is 79.2 Å². The summed E-state index contributed by atoms with van der Waals surface area (Å²) in [6, 6.07) is 4.12. The lowest BCUT2D eigenvalue weighted by atomic mass is 9.90. The predicted molar refractivity (Wildman–Crippen MR) is 328 cm³/mol. The number of nitrogens with zero attached hydrogens (tertiary/aromatic N) is 4. The summed E-state index contributed by atoms with van der Waals surface area (Å²) in [6.07, 6.45) is 2.60. The van der Waals surface area contributed by atoms with Crippen LogP contribution in [0.2, 0.25) is 0 Å². The number of nitrogens with one attached hydrogen (secondary N) is 8. The summed E-state index contributed by atoms with van der Waals surface area (Å²) >= 11 is 4.02. The Bertz CT molecular complexity index is 2940. The molecule has 4 heterocycles. The Labute approximate surface area is 506 Å². The number of hydrogen-bond acceptors (Lipinski definition) is 22. The van der Waals surface area contributed by atoms with Gasteiger partial charge in [-0.05, 0) is 107 Å². The van der Waals surface area contributed by atoms with Gasteiger partial charge in [-0.3, -0.25) is 33.6 Å². The number of amides is 7. The largest absolute Gasteiger partial charge is 0.508 e. The molecular weight excluding hydrogens is 1150 g/mol. The Kier molecular flexibility index (Phi) is 28.6. The molecule has 0 aliphatic rings. The fraction of sp³-hybridized carbons (Fsp3) is 0.518. The number of primary amides is 2. The molecule has 7 amide bonds. The summed E-state index contributed by atoms with van der Waals surface area (Å²) < 4.78 is 0. The van der Waals surface area contributed by atoms with E-state index in [9.17, 15) is 43.8 Å². The number of thiophene rings is 1. The molecule has 0 aliphatic carbocycles. The minimum Gasteiger partial charge on any atom is -0.508 e. The lowest BCUT2D eigenvalue weighted by Gasteiger charge is -2.31. The van der Waals surface area contributed by atoms with Crippen LogP contribution in [-0.2, 0) is 43.2 Å². The van der Waals surface area contributed by atoms with E-state index in [1.54, 1.807) is 35.0 Å². The number of nitrogen functional groups attached to an aromatic ring is 1. The van der Waals surface area contributed by atoms with E-state index >= 15 is 0 Å². The molecule has 464 valence electrons. The zero-order chi connectivity index (χ0) is 62.0. The molecule has 0 radical (unpaired) electrons. The number of rotatable bonds is 39. The predicted octanol–water partition coefficient (Wildman–Crippen LogP) is 0.417. The van der Waals surface area contributed by atoms with Crippen molar-refractivity contribution >= 4 is 81.2 Å². The average Bonchev–Trinajstić information content (AvgIpc) is 4.37. The molecule has 0 fully saturated rings. The van der Waals surface area contributed by atoms with Gasteiger partial charge in [0.25, 0.3) is 11.8 Å². The van der Waals surface area contributed by atoms with Crippen molar-refractivity contribution in [3.8, 4) is 16.5 Å². The number of benzene rings is 1. The molecule has 1 aromatic carbocycles. The number of unbranched alkanes of at least 4 members (excludes halogenated alkanes) is 1. The first-order valence-corrected chi connectivity index (χ1v) is 31.0. The summed E-state index contributed by atoms with van der Waals surface area (Å²) in [5, 5.41) is 52.5. The summed E-state index contributed by atoms with van der Waals surface area (Å²) in [7, 11) is 0. The van der Waals surface area contributed by atoms with Gasteiger partial charge in [0.05, 0.1) is 35.2 Å². The highest BCUT2D eigenvalue weighted by Gasteiger charge is 2.36. The third-order valence-electron chi connectivity index (χ3n) is 13.6. The Morgan fingerprint density at radius 1 is 0.718 bits per heavy atom. The van der Waals surface area contributed by atoms with Gasteiger partial charge in [0.15, 0.2) is 0 Å². The molecule has 4 aromatic heterocycles. The Hall–Kier alpha value is -7.09. The molecule has 0 saturated heterocycles. The van der Waals surface area contributed by atoms with Crippen LogP contribution in [0.1, 0.15) is 113 Å². The van der Waals surface area contributed by atoms with Crippen molar-refractivity contribution in [3.05, 3.63) is 90.8 Å². The number of nitrogens with two attached hydrogens (primary N) is 5. The van der Waals surface area contributed by atoms with Gasteiger partial charge >= 0.3 is 0 Å². The van der Waals surface area contributed by atoms with E-state index in [1.807, 2.05) is 19.2 Å². The van der Waals surface area contributed by atoms with Crippen LogP contribution in [0.15, 0.2) is 52.5 Å². The number of phenolic OH excluding ortho intramolecular Hbond substituents is 1. The average molecular weight is 1230 g/mol. The molecule has 0 unspecified atom stereocenters. The zero-order valence-corrected chi connectivity index (χ0v) is 50.9. The lowest BCUT2D eigenvalue weighted by Crippen LogP contribution is -2.57. The maximum Gasteiger partial charge on any atom is 0.271 e. The van der Waals surface area contributed by atoms with Crippen LogP contribution in [-0.4, -0.2) is 154 Å². The number of carbonyl (C=O) groups excluding carboxylic acids is 7. The first-order chi connectivity index (χ1) is 40.6. The van der Waals surface area contributed by atoms with E-state index < -0.39 is 77.7 Å². The minimum absolute atomic E-state index is 0.0109. The number of aromatic hydroxyl groups is 1. The first-order valence-electron chi connectivity index (χ1n) is 28.3. The van der Waals surface area contributed by atoms with Crippen LogP contribution >= 0.6 is 34.0 Å². The van der Waals surface area contributed by atoms with Crippen molar-refractivity contribution in [1.29, 1.82) is 0 Å². The molecule has 0 aliphatic heterocycles. The molecule has 85 heavy (non-hydrogen) atoms. The fourth-order valence-corrected chi connectivity index (χ4v) is 11.1. The number of phenols is 1. The third kappa shape index (κ3) is 23.0. The smallest absolute Gasteiger partial charge is 0.271 e. The molecule has 0 saturated carbocycles. The standard InChI is InChI=1S/C56H83N17O9S3/c1-31(2)24-38(68-54(81)41(26-36-10-7-23-83-36)70-55(82)46-32(3)48(60)73-50(72-46)39(27-44(59)75)66-28-37(58)49(61)77)47(76)33(4)51(78)69-40(25-34-11-13-35(74)14-12-34)52(79)65-22-15-45-67-43(30-84-45)56-71-42(29-85-56)53(80)64-21-9-20-63-18-6-5-17-62-19-8-16-57/h7,10-14,23,29-31,33,37-41,47,62-63,66,74,76H,5-6,8-9,15-22,24-28,57-58H2,1-4H3,(H2,59,75)(H2,61,77)(H,64,80)(H,65,79)(H,68,81)(H,69,78)(H,70,82)(H2,60,72,73)/t33-,37-,38+,39-,40-,41-,47-/m0/s1. The van der Waals surface area contributed by atoms with Crippen molar-refractivity contribution in [3.63, 3.8) is 0 Å². The number of aromatic nitrogens is 4. The summed E-state index contributed by atoms with van der Waals surface area (Å²) in [4.78, 5) is 112. The highest BCUT2D eigenvalue weighted by Crippen LogP contribution is 2.26. The number of carbonyl (C=O) groups is 7. The summed E-state index contributed by atoms with van der Waals surface area (Å²) in [5.74, 6) is -6.10. The van der Waals surface area contributed by atoms with Crippen LogP contribution in [0.5, 0.6) is 5.75 Å². The van der Waals surface area contributed by atoms with Crippen molar-refractivity contribution in [2.24, 2.45) is 34.8 Å². The van der Waals surface area contributed by atoms with Crippen molar-refractivity contribution < 1.29 is 43.8 Å². The Morgan fingerprint density at radius 2 is 1.41 bits per heavy atom. The van der Waals surface area contributed by atoms with Crippen molar-refractivity contribution in [2.75, 3.05) is 58.1 Å². The van der Waals surface area contributed by atoms with Crippen molar-refractivity contribution in [2.45, 2.75) is 122 Å². The topological polar surface area (TPSA) is 438 Å². The van der Waals surface area contributed by atoms with E-state index in [0.29, 0.717) is 46.5 Å². The quantitative estimate of drug-likeness (QED) is 0.0237. The second-order valence-corrected chi connectivity index (χ2v) is 23.8. The highest BCUT2D eigenvalue weighted by molar-refractivity contribution is 7.14. The number of hydrogen-bond donors (Lipinski definition) is 15. The maximum absolute atomic E-state index is 14.5. The van der Waals surface area contributed by atoms with Gasteiger partial charge in [0.2, 0.25) is 29.5 Å². The van der Waals surface area contributed by atoms with Crippen molar-refractivity contribution in [1.82, 2.24) is 62.5 Å². The zero-order valence-electron chi connectivity index (χ0n) is 48.5. The van der Waals surface area contributed by atoms with E-state index in [1.165, 1.54) is 60.0 Å². The molecule has 29 heteroatoms. The third-order valence-corrected chi connectivity index (χ3v) is 16.2. The Balaban J connectivity index is 1.21. The molecule has 7 atom stereocenters. The van der Waals surface area contributed by atoms with Crippen LogP contribution in [0, 0.1) is 18.8 Å². The van der Waals surface area contributed by atoms with E-state index in [0.717, 1.165) is 56.7 Å². The number of thiazole rings is 2. The molecule has 5 rings (SSSR count). The van der Waals surface area contributed by atoms with Gasteiger partial charge in [-0.1, -0.05) is 39.0 Å².